The molecular formula is C15H14ClN3O4S2. The minimum absolute atomic E-state index is 0.0892. The van der Waals surface area contributed by atoms with Gasteiger partial charge >= 0.3 is 0 Å². The van der Waals surface area contributed by atoms with Crippen LogP contribution in [0, 0.1) is 6.92 Å². The maximum Gasteiger partial charge on any atom is 0.252 e. The number of oxazole rings is 1. The second-order valence-electron chi connectivity index (χ2n) is 5.28. The van der Waals surface area contributed by atoms with Crippen molar-refractivity contribution in [3.63, 3.8) is 0 Å². The lowest BCUT2D eigenvalue weighted by Gasteiger charge is -2.15. The van der Waals surface area contributed by atoms with Gasteiger partial charge in [-0.2, -0.15) is 4.31 Å². The Morgan fingerprint density at radius 2 is 2.12 bits per heavy atom. The zero-order chi connectivity index (χ0) is 18.2. The molecule has 0 saturated carbocycles. The van der Waals surface area contributed by atoms with Gasteiger partial charge in [-0.25, -0.2) is 13.4 Å². The van der Waals surface area contributed by atoms with E-state index in [1.807, 2.05) is 0 Å². The molecule has 2 aromatic heterocycles. The summed E-state index contributed by atoms with van der Waals surface area (Å²) in [6.07, 6.45) is 0. The van der Waals surface area contributed by atoms with E-state index in [1.165, 1.54) is 19.2 Å². The Kier molecular flexibility index (Phi) is 4.83. The number of rotatable bonds is 5. The van der Waals surface area contributed by atoms with E-state index in [-0.39, 0.29) is 10.8 Å². The minimum atomic E-state index is -3.76. The summed E-state index contributed by atoms with van der Waals surface area (Å²) in [4.78, 5) is 16.3. The van der Waals surface area contributed by atoms with Gasteiger partial charge in [0.2, 0.25) is 5.91 Å². The first-order valence-electron chi connectivity index (χ1n) is 7.14. The Balaban J connectivity index is 1.70. The van der Waals surface area contributed by atoms with Gasteiger partial charge in [0, 0.05) is 25.7 Å². The van der Waals surface area contributed by atoms with E-state index >= 15 is 0 Å². The standard InChI is InChI=1S/C15H14ClN3O4S2/c1-9-17-11-4-3-10(7-12(11)23-9)18-14(20)8-19(2)25(21,22)15-6-5-13(16)24-15/h3-7H,8H2,1-2H3,(H,18,20). The van der Waals surface area contributed by atoms with Gasteiger partial charge in [0.05, 0.1) is 10.9 Å². The SMILES string of the molecule is Cc1nc2ccc(NC(=O)CN(C)S(=O)(=O)c3ccc(Cl)s3)cc2o1. The number of nitrogens with zero attached hydrogens (tertiary/aromatic N) is 2. The van der Waals surface area contributed by atoms with Crippen molar-refractivity contribution in [1.29, 1.82) is 0 Å². The minimum Gasteiger partial charge on any atom is -0.441 e. The van der Waals surface area contributed by atoms with Crippen molar-refractivity contribution in [2.24, 2.45) is 0 Å². The molecule has 10 heteroatoms. The summed E-state index contributed by atoms with van der Waals surface area (Å²) in [5.74, 6) is 0.0585. The van der Waals surface area contributed by atoms with Crippen LogP contribution in [0.5, 0.6) is 0 Å². The molecule has 0 saturated heterocycles. The molecule has 0 aliphatic carbocycles. The zero-order valence-electron chi connectivity index (χ0n) is 13.3. The zero-order valence-corrected chi connectivity index (χ0v) is 15.7. The highest BCUT2D eigenvalue weighted by molar-refractivity contribution is 7.91. The highest BCUT2D eigenvalue weighted by Crippen LogP contribution is 2.27. The molecule has 3 rings (SSSR count). The molecule has 1 N–H and O–H groups in total. The average molecular weight is 400 g/mol. The van der Waals surface area contributed by atoms with Crippen molar-refractivity contribution in [2.45, 2.75) is 11.1 Å². The molecule has 132 valence electrons. The van der Waals surface area contributed by atoms with Crippen LogP contribution in [0.25, 0.3) is 11.1 Å². The summed E-state index contributed by atoms with van der Waals surface area (Å²) in [7, 11) is -2.42. The van der Waals surface area contributed by atoms with Gasteiger partial charge in [0.15, 0.2) is 11.5 Å². The Morgan fingerprint density at radius 3 is 2.80 bits per heavy atom. The Morgan fingerprint density at radius 1 is 1.36 bits per heavy atom. The number of carbonyl (C=O) groups is 1. The molecule has 1 amide bonds. The Bertz CT molecular complexity index is 1040. The summed E-state index contributed by atoms with van der Waals surface area (Å²) in [5.41, 5.74) is 1.73. The van der Waals surface area contributed by atoms with E-state index in [9.17, 15) is 13.2 Å². The number of hydrogen-bond acceptors (Lipinski definition) is 6. The summed E-state index contributed by atoms with van der Waals surface area (Å²) < 4.78 is 31.6. The monoisotopic (exact) mass is 399 g/mol. The number of hydrogen-bond donors (Lipinski definition) is 1. The Hall–Kier alpha value is -1.94. The third kappa shape index (κ3) is 3.84. The number of aromatic nitrogens is 1. The van der Waals surface area contributed by atoms with Crippen LogP contribution in [0.4, 0.5) is 5.69 Å². The molecule has 0 fully saturated rings. The van der Waals surface area contributed by atoms with E-state index in [4.69, 9.17) is 16.0 Å². The van der Waals surface area contributed by atoms with Crippen LogP contribution in [-0.4, -0.2) is 37.2 Å². The molecule has 0 aliphatic heterocycles. The third-order valence-corrected chi connectivity index (χ3v) is 6.86. The van der Waals surface area contributed by atoms with Crippen LogP contribution >= 0.6 is 22.9 Å². The predicted molar refractivity (Wildman–Crippen MR) is 96.5 cm³/mol. The normalized spacial score (nSPS) is 12.0. The molecule has 7 nitrogen and oxygen atoms in total. The van der Waals surface area contributed by atoms with Crippen molar-refractivity contribution >= 4 is 55.7 Å². The lowest BCUT2D eigenvalue weighted by Crippen LogP contribution is -2.34. The highest BCUT2D eigenvalue weighted by Gasteiger charge is 2.24. The number of aryl methyl sites for hydroxylation is 1. The number of benzene rings is 1. The maximum atomic E-state index is 12.4. The molecule has 0 unspecified atom stereocenters. The first-order valence-corrected chi connectivity index (χ1v) is 9.78. The van der Waals surface area contributed by atoms with E-state index < -0.39 is 15.9 Å². The third-order valence-electron chi connectivity index (χ3n) is 3.36. The van der Waals surface area contributed by atoms with E-state index in [1.54, 1.807) is 25.1 Å². The van der Waals surface area contributed by atoms with Gasteiger partial charge in [0.1, 0.15) is 9.73 Å². The lowest BCUT2D eigenvalue weighted by molar-refractivity contribution is -0.116. The second-order valence-corrected chi connectivity index (χ2v) is 9.27. The number of anilines is 1. The van der Waals surface area contributed by atoms with E-state index in [2.05, 4.69) is 10.3 Å². The van der Waals surface area contributed by atoms with Crippen LogP contribution in [0.1, 0.15) is 5.89 Å². The first kappa shape index (κ1) is 17.9. The fraction of sp³-hybridized carbons (Fsp3) is 0.200. The van der Waals surface area contributed by atoms with Crippen LogP contribution in [0.15, 0.2) is 39.0 Å². The average Bonchev–Trinajstić information content (AvgIpc) is 3.11. The molecular weight excluding hydrogens is 386 g/mol. The lowest BCUT2D eigenvalue weighted by atomic mass is 10.3. The van der Waals surface area contributed by atoms with Crippen LogP contribution in [0.3, 0.4) is 0 Å². The van der Waals surface area contributed by atoms with Crippen LogP contribution < -0.4 is 5.32 Å². The fourth-order valence-electron chi connectivity index (χ4n) is 2.20. The molecule has 0 atom stereocenters. The maximum absolute atomic E-state index is 12.4. The van der Waals surface area contributed by atoms with Crippen molar-refractivity contribution in [3.05, 3.63) is 40.6 Å². The number of fused-ring (bicyclic) bond motifs is 1. The number of likely N-dealkylation sites (N-methyl/N-ethyl adjacent to an activating group) is 1. The number of nitrogens with one attached hydrogen (secondary N) is 1. The molecule has 0 radical (unpaired) electrons. The van der Waals surface area contributed by atoms with Gasteiger partial charge in [-0.1, -0.05) is 11.6 Å². The van der Waals surface area contributed by atoms with Crippen molar-refractivity contribution in [3.8, 4) is 0 Å². The largest absolute Gasteiger partial charge is 0.441 e. The molecule has 3 aromatic rings. The topological polar surface area (TPSA) is 92.5 Å². The van der Waals surface area contributed by atoms with Gasteiger partial charge in [0.25, 0.3) is 10.0 Å². The Labute approximate surface area is 153 Å². The summed E-state index contributed by atoms with van der Waals surface area (Å²) in [5, 5.41) is 2.65. The fourth-order valence-corrected chi connectivity index (χ4v) is 5.02. The summed E-state index contributed by atoms with van der Waals surface area (Å²) in [6, 6.07) is 7.95. The van der Waals surface area contributed by atoms with Gasteiger partial charge in [-0.3, -0.25) is 4.79 Å². The van der Waals surface area contributed by atoms with Crippen LogP contribution in [-0.2, 0) is 14.8 Å². The predicted octanol–water partition coefficient (Wildman–Crippen LogP) is 3.11. The van der Waals surface area contributed by atoms with Crippen LogP contribution in [0.2, 0.25) is 4.34 Å². The van der Waals surface area contributed by atoms with Crippen molar-refractivity contribution in [2.75, 3.05) is 18.9 Å². The first-order chi connectivity index (χ1) is 11.8. The molecule has 25 heavy (non-hydrogen) atoms. The summed E-state index contributed by atoms with van der Waals surface area (Å²) >= 11 is 6.72. The van der Waals surface area contributed by atoms with E-state index in [0.717, 1.165) is 15.6 Å². The number of halogens is 1. The molecule has 0 spiro atoms. The number of amides is 1. The van der Waals surface area contributed by atoms with Gasteiger partial charge in [-0.05, 0) is 24.3 Å². The number of sulfonamides is 1. The number of thiophene rings is 1. The molecule has 1 aromatic carbocycles. The van der Waals surface area contributed by atoms with Gasteiger partial charge in [-0.15, -0.1) is 11.3 Å². The van der Waals surface area contributed by atoms with Gasteiger partial charge < -0.3 is 9.73 Å². The van der Waals surface area contributed by atoms with Crippen molar-refractivity contribution in [1.82, 2.24) is 9.29 Å². The number of carbonyl (C=O) groups excluding carboxylic acids is 1. The highest BCUT2D eigenvalue weighted by atomic mass is 35.5. The molecule has 0 bridgehead atoms. The quantitative estimate of drug-likeness (QED) is 0.711. The summed E-state index contributed by atoms with van der Waals surface area (Å²) in [6.45, 7) is 1.40. The molecule has 2 heterocycles. The van der Waals surface area contributed by atoms with E-state index in [0.29, 0.717) is 27.0 Å². The van der Waals surface area contributed by atoms with Crippen molar-refractivity contribution < 1.29 is 17.6 Å². The smallest absolute Gasteiger partial charge is 0.252 e. The second kappa shape index (κ2) is 6.75. The molecule has 0 aliphatic rings.